The van der Waals surface area contributed by atoms with E-state index in [1.54, 1.807) is 48.5 Å². The lowest BCUT2D eigenvalue weighted by atomic mass is 10.0. The Morgan fingerprint density at radius 3 is 1.43 bits per heavy atom. The Bertz CT molecular complexity index is 787. The predicted octanol–water partition coefficient (Wildman–Crippen LogP) is 5.89. The van der Waals surface area contributed by atoms with E-state index in [4.69, 9.17) is 9.47 Å². The summed E-state index contributed by atoms with van der Waals surface area (Å²) in [6.07, 6.45) is 6.04. The summed E-state index contributed by atoms with van der Waals surface area (Å²) in [6, 6.07) is 13.3. The first kappa shape index (κ1) is 23.3. The molecule has 30 heavy (non-hydrogen) atoms. The molecular weight excluding hydrogens is 380 g/mol. The van der Waals surface area contributed by atoms with Crippen LogP contribution >= 0.6 is 0 Å². The van der Waals surface area contributed by atoms with Crippen LogP contribution in [0.15, 0.2) is 48.5 Å². The van der Waals surface area contributed by atoms with Crippen LogP contribution in [0.25, 0.3) is 0 Å². The number of unbranched alkanes of at least 4 members (excludes halogenated alkanes) is 4. The van der Waals surface area contributed by atoms with Gasteiger partial charge in [-0.15, -0.1) is 0 Å². The number of ketones is 1. The third-order valence-electron chi connectivity index (χ3n) is 4.68. The van der Waals surface area contributed by atoms with Gasteiger partial charge < -0.3 is 9.47 Å². The van der Waals surface area contributed by atoms with Crippen LogP contribution in [0.4, 0.5) is 0 Å². The molecule has 2 aromatic carbocycles. The van der Waals surface area contributed by atoms with E-state index in [9.17, 15) is 14.4 Å². The molecule has 5 nitrogen and oxygen atoms in total. The first-order valence-corrected chi connectivity index (χ1v) is 10.7. The molecular formula is C25H30O5. The molecule has 0 heterocycles. The maximum atomic E-state index is 13.2. The molecule has 0 unspecified atom stereocenters. The molecule has 0 N–H and O–H groups in total. The zero-order chi connectivity index (χ0) is 21.8. The molecule has 0 aromatic heterocycles. The summed E-state index contributed by atoms with van der Waals surface area (Å²) in [6.45, 7) is 4.13. The van der Waals surface area contributed by atoms with Crippen molar-refractivity contribution in [2.75, 3.05) is 0 Å². The van der Waals surface area contributed by atoms with E-state index in [0.717, 1.165) is 38.5 Å². The Hall–Kier alpha value is -2.95. The fourth-order valence-corrected chi connectivity index (χ4v) is 3.02. The Labute approximate surface area is 178 Å². The van der Waals surface area contributed by atoms with Crippen LogP contribution in [0.1, 0.15) is 81.1 Å². The van der Waals surface area contributed by atoms with Crippen LogP contribution in [0, 0.1) is 0 Å². The first-order chi connectivity index (χ1) is 14.6. The summed E-state index contributed by atoms with van der Waals surface area (Å²) < 4.78 is 10.9. The van der Waals surface area contributed by atoms with E-state index in [1.807, 2.05) is 0 Å². The minimum atomic E-state index is -0.362. The van der Waals surface area contributed by atoms with Crippen LogP contribution in [-0.2, 0) is 9.59 Å². The molecule has 0 bridgehead atoms. The van der Waals surface area contributed by atoms with Gasteiger partial charge in [-0.2, -0.15) is 0 Å². The molecule has 0 atom stereocenters. The van der Waals surface area contributed by atoms with Gasteiger partial charge in [0.1, 0.15) is 11.5 Å². The second-order valence-electron chi connectivity index (χ2n) is 7.18. The van der Waals surface area contributed by atoms with Gasteiger partial charge in [-0.25, -0.2) is 0 Å². The molecule has 5 heteroatoms. The standard InChI is InChI=1S/C25H30O5/c1-3-5-7-17-23(26)29-21-15-11-9-13-19(21)25(28)20-14-10-12-16-22(20)30-24(27)18-8-6-4-2/h9-16H,3-8,17-18H2,1-2H3. The van der Waals surface area contributed by atoms with Gasteiger partial charge in [0.15, 0.2) is 0 Å². The summed E-state index contributed by atoms with van der Waals surface area (Å²) in [5.74, 6) is -0.649. The average molecular weight is 411 g/mol. The summed E-state index contributed by atoms with van der Waals surface area (Å²) >= 11 is 0. The minimum Gasteiger partial charge on any atom is -0.426 e. The molecule has 0 aliphatic rings. The van der Waals surface area contributed by atoms with Crippen molar-refractivity contribution in [2.45, 2.75) is 65.2 Å². The highest BCUT2D eigenvalue weighted by atomic mass is 16.5. The number of hydrogen-bond acceptors (Lipinski definition) is 5. The monoisotopic (exact) mass is 410 g/mol. The van der Waals surface area contributed by atoms with Crippen molar-refractivity contribution in [1.29, 1.82) is 0 Å². The van der Waals surface area contributed by atoms with Crippen LogP contribution < -0.4 is 9.47 Å². The largest absolute Gasteiger partial charge is 0.426 e. The Kier molecular flexibility index (Phi) is 9.78. The molecule has 0 aliphatic carbocycles. The second-order valence-corrected chi connectivity index (χ2v) is 7.18. The van der Waals surface area contributed by atoms with Crippen molar-refractivity contribution in [3.05, 3.63) is 59.7 Å². The van der Waals surface area contributed by atoms with Gasteiger partial charge in [-0.1, -0.05) is 63.8 Å². The highest BCUT2D eigenvalue weighted by Crippen LogP contribution is 2.27. The molecule has 2 rings (SSSR count). The van der Waals surface area contributed by atoms with Crippen molar-refractivity contribution < 1.29 is 23.9 Å². The SMILES string of the molecule is CCCCCC(=O)Oc1ccccc1C(=O)c1ccccc1OC(=O)CCCCC. The number of para-hydroxylation sites is 2. The average Bonchev–Trinajstić information content (AvgIpc) is 2.74. The normalized spacial score (nSPS) is 10.5. The van der Waals surface area contributed by atoms with Crippen LogP contribution in [0.2, 0.25) is 0 Å². The fourth-order valence-electron chi connectivity index (χ4n) is 3.02. The van der Waals surface area contributed by atoms with E-state index in [2.05, 4.69) is 13.8 Å². The maximum absolute atomic E-state index is 13.2. The van der Waals surface area contributed by atoms with E-state index < -0.39 is 0 Å². The molecule has 0 saturated carbocycles. The van der Waals surface area contributed by atoms with Gasteiger partial charge in [0.05, 0.1) is 11.1 Å². The lowest BCUT2D eigenvalue weighted by Crippen LogP contribution is -2.14. The molecule has 160 valence electrons. The molecule has 0 saturated heterocycles. The quantitative estimate of drug-likeness (QED) is 0.189. The number of esters is 2. The topological polar surface area (TPSA) is 69.7 Å². The third-order valence-corrected chi connectivity index (χ3v) is 4.68. The zero-order valence-corrected chi connectivity index (χ0v) is 17.8. The number of carbonyl (C=O) groups excluding carboxylic acids is 3. The first-order valence-electron chi connectivity index (χ1n) is 10.7. The number of rotatable bonds is 12. The number of hydrogen-bond donors (Lipinski definition) is 0. The molecule has 0 aliphatic heterocycles. The molecule has 0 spiro atoms. The second kappa shape index (κ2) is 12.6. The highest BCUT2D eigenvalue weighted by Gasteiger charge is 2.21. The zero-order valence-electron chi connectivity index (χ0n) is 17.8. The van der Waals surface area contributed by atoms with Crippen LogP contribution in [0.3, 0.4) is 0 Å². The Morgan fingerprint density at radius 1 is 0.633 bits per heavy atom. The minimum absolute atomic E-state index is 0.216. The van der Waals surface area contributed by atoms with Crippen molar-refractivity contribution in [3.63, 3.8) is 0 Å². The highest BCUT2D eigenvalue weighted by molar-refractivity contribution is 6.12. The summed E-state index contributed by atoms with van der Waals surface area (Å²) in [5.41, 5.74) is 0.520. The van der Waals surface area contributed by atoms with Gasteiger partial charge in [0, 0.05) is 12.8 Å². The van der Waals surface area contributed by atoms with Crippen LogP contribution in [0.5, 0.6) is 11.5 Å². The van der Waals surface area contributed by atoms with Gasteiger partial charge >= 0.3 is 11.9 Å². The molecule has 0 radical (unpaired) electrons. The molecule has 0 amide bonds. The Morgan fingerprint density at radius 2 is 1.03 bits per heavy atom. The van der Waals surface area contributed by atoms with Crippen molar-refractivity contribution in [3.8, 4) is 11.5 Å². The Balaban J connectivity index is 2.17. The lowest BCUT2D eigenvalue weighted by Gasteiger charge is -2.12. The van der Waals surface area contributed by atoms with Gasteiger partial charge in [0.2, 0.25) is 5.78 Å². The summed E-state index contributed by atoms with van der Waals surface area (Å²) in [5, 5.41) is 0. The van der Waals surface area contributed by atoms with E-state index in [1.165, 1.54) is 0 Å². The van der Waals surface area contributed by atoms with Gasteiger partial charge in [0.25, 0.3) is 0 Å². The maximum Gasteiger partial charge on any atom is 0.311 e. The smallest absolute Gasteiger partial charge is 0.311 e. The molecule has 2 aromatic rings. The van der Waals surface area contributed by atoms with Gasteiger partial charge in [-0.05, 0) is 37.1 Å². The fraction of sp³-hybridized carbons (Fsp3) is 0.400. The number of ether oxygens (including phenoxy) is 2. The number of carbonyl (C=O) groups is 3. The molecule has 0 fully saturated rings. The van der Waals surface area contributed by atoms with E-state index in [0.29, 0.717) is 12.8 Å². The van der Waals surface area contributed by atoms with E-state index in [-0.39, 0.29) is 40.3 Å². The van der Waals surface area contributed by atoms with Crippen LogP contribution in [-0.4, -0.2) is 17.7 Å². The lowest BCUT2D eigenvalue weighted by molar-refractivity contribution is -0.135. The summed E-state index contributed by atoms with van der Waals surface area (Å²) in [7, 11) is 0. The van der Waals surface area contributed by atoms with Gasteiger partial charge in [-0.3, -0.25) is 14.4 Å². The van der Waals surface area contributed by atoms with Crippen molar-refractivity contribution >= 4 is 17.7 Å². The van der Waals surface area contributed by atoms with Crippen molar-refractivity contribution in [1.82, 2.24) is 0 Å². The number of benzene rings is 2. The third kappa shape index (κ3) is 7.14. The van der Waals surface area contributed by atoms with Crippen molar-refractivity contribution in [2.24, 2.45) is 0 Å². The summed E-state index contributed by atoms with van der Waals surface area (Å²) in [4.78, 5) is 37.5. The predicted molar refractivity (Wildman–Crippen MR) is 116 cm³/mol. The van der Waals surface area contributed by atoms with E-state index >= 15 is 0 Å².